The maximum absolute atomic E-state index is 13.0. The molecular formula is C12H17F2NO2. The van der Waals surface area contributed by atoms with Gasteiger partial charge in [-0.1, -0.05) is 0 Å². The van der Waals surface area contributed by atoms with E-state index in [-0.39, 0.29) is 6.10 Å². The first kappa shape index (κ1) is 13.9. The molecule has 0 radical (unpaired) electrons. The predicted octanol–water partition coefficient (Wildman–Crippen LogP) is 2.18. The van der Waals surface area contributed by atoms with Gasteiger partial charge in [-0.3, -0.25) is 0 Å². The molecule has 1 aromatic rings. The van der Waals surface area contributed by atoms with Crippen LogP contribution in [0.1, 0.15) is 19.4 Å². The molecular weight excluding hydrogens is 228 g/mol. The van der Waals surface area contributed by atoms with Crippen molar-refractivity contribution in [3.8, 4) is 5.75 Å². The van der Waals surface area contributed by atoms with Crippen LogP contribution in [0, 0.1) is 11.6 Å². The van der Waals surface area contributed by atoms with Crippen molar-refractivity contribution >= 4 is 0 Å². The first-order valence-electron chi connectivity index (χ1n) is 5.50. The second kappa shape index (κ2) is 6.51. The third-order valence-corrected chi connectivity index (χ3v) is 2.14. The summed E-state index contributed by atoms with van der Waals surface area (Å²) in [7, 11) is 0. The normalized spacial score (nSPS) is 11.1. The van der Waals surface area contributed by atoms with Gasteiger partial charge in [0.15, 0.2) is 17.4 Å². The molecule has 2 N–H and O–H groups in total. The van der Waals surface area contributed by atoms with Gasteiger partial charge in [0.05, 0.1) is 12.7 Å². The van der Waals surface area contributed by atoms with Crippen LogP contribution in [0.2, 0.25) is 0 Å². The maximum Gasteiger partial charge on any atom is 0.187 e. The zero-order valence-electron chi connectivity index (χ0n) is 9.96. The Morgan fingerprint density at radius 2 is 1.88 bits per heavy atom. The first-order chi connectivity index (χ1) is 8.00. The van der Waals surface area contributed by atoms with Crippen LogP contribution in [0.5, 0.6) is 5.75 Å². The summed E-state index contributed by atoms with van der Waals surface area (Å²) < 4.78 is 31.3. The number of ether oxygens (including phenoxy) is 1. The van der Waals surface area contributed by atoms with Gasteiger partial charge in [0.25, 0.3) is 0 Å². The molecule has 0 fully saturated rings. The number of hydrogen-bond donors (Lipinski definition) is 2. The molecule has 0 amide bonds. The third-order valence-electron chi connectivity index (χ3n) is 2.14. The molecule has 0 heterocycles. The number of nitrogens with one attached hydrogen (secondary N) is 1. The van der Waals surface area contributed by atoms with Gasteiger partial charge in [0, 0.05) is 13.1 Å². The lowest BCUT2D eigenvalue weighted by atomic mass is 10.2. The Kier molecular flexibility index (Phi) is 5.31. The van der Waals surface area contributed by atoms with Gasteiger partial charge in [-0.05, 0) is 31.5 Å². The monoisotopic (exact) mass is 245 g/mol. The van der Waals surface area contributed by atoms with Crippen LogP contribution in [0.25, 0.3) is 0 Å². The summed E-state index contributed by atoms with van der Waals surface area (Å²) >= 11 is 0. The van der Waals surface area contributed by atoms with Crippen molar-refractivity contribution in [1.82, 2.24) is 5.32 Å². The lowest BCUT2D eigenvalue weighted by Gasteiger charge is -2.09. The lowest BCUT2D eigenvalue weighted by Crippen LogP contribution is -2.21. The van der Waals surface area contributed by atoms with Gasteiger partial charge < -0.3 is 15.2 Å². The molecule has 0 aliphatic heterocycles. The average Bonchev–Trinajstić information content (AvgIpc) is 2.25. The van der Waals surface area contributed by atoms with E-state index in [1.54, 1.807) is 0 Å². The SMILES string of the molecule is CC(C)OCCNCc1cc(F)c(O)c(F)c1. The highest BCUT2D eigenvalue weighted by Crippen LogP contribution is 2.21. The van der Waals surface area contributed by atoms with E-state index in [4.69, 9.17) is 9.84 Å². The van der Waals surface area contributed by atoms with Crippen LogP contribution in [0.3, 0.4) is 0 Å². The zero-order valence-corrected chi connectivity index (χ0v) is 9.96. The Hall–Kier alpha value is -1.20. The lowest BCUT2D eigenvalue weighted by molar-refractivity contribution is 0.0807. The van der Waals surface area contributed by atoms with Crippen molar-refractivity contribution < 1.29 is 18.6 Å². The number of phenols is 1. The summed E-state index contributed by atoms with van der Waals surface area (Å²) in [6.45, 7) is 5.34. The van der Waals surface area contributed by atoms with E-state index in [1.807, 2.05) is 13.8 Å². The molecule has 0 atom stereocenters. The van der Waals surface area contributed by atoms with Crippen LogP contribution in [0.15, 0.2) is 12.1 Å². The number of hydrogen-bond acceptors (Lipinski definition) is 3. The van der Waals surface area contributed by atoms with E-state index in [0.717, 1.165) is 12.1 Å². The van der Waals surface area contributed by atoms with Gasteiger partial charge in [0.2, 0.25) is 0 Å². The quantitative estimate of drug-likeness (QED) is 0.755. The fraction of sp³-hybridized carbons (Fsp3) is 0.500. The predicted molar refractivity (Wildman–Crippen MR) is 60.8 cm³/mol. The van der Waals surface area contributed by atoms with Crippen molar-refractivity contribution in [2.24, 2.45) is 0 Å². The van der Waals surface area contributed by atoms with Gasteiger partial charge >= 0.3 is 0 Å². The summed E-state index contributed by atoms with van der Waals surface area (Å²) in [5.74, 6) is -2.82. The summed E-state index contributed by atoms with van der Waals surface area (Å²) in [5, 5.41) is 11.9. The molecule has 1 aromatic carbocycles. The second-order valence-corrected chi connectivity index (χ2v) is 4.00. The smallest absolute Gasteiger partial charge is 0.187 e. The molecule has 0 saturated heterocycles. The highest BCUT2D eigenvalue weighted by molar-refractivity contribution is 5.29. The minimum atomic E-state index is -0.944. The van der Waals surface area contributed by atoms with E-state index >= 15 is 0 Å². The summed E-state index contributed by atoms with van der Waals surface area (Å²) in [6.07, 6.45) is 0.167. The standard InChI is InChI=1S/C12H17F2NO2/c1-8(2)17-4-3-15-7-9-5-10(13)12(16)11(14)6-9/h5-6,8,15-16H,3-4,7H2,1-2H3. The van der Waals surface area contributed by atoms with Crippen molar-refractivity contribution in [2.75, 3.05) is 13.2 Å². The summed E-state index contributed by atoms with van der Waals surface area (Å²) in [4.78, 5) is 0. The number of rotatable bonds is 6. The molecule has 1 rings (SSSR count). The van der Waals surface area contributed by atoms with Gasteiger partial charge in [0.1, 0.15) is 0 Å². The average molecular weight is 245 g/mol. The number of benzene rings is 1. The van der Waals surface area contributed by atoms with E-state index in [1.165, 1.54) is 0 Å². The Labute approximate surface area is 99.4 Å². The van der Waals surface area contributed by atoms with Crippen molar-refractivity contribution in [2.45, 2.75) is 26.5 Å². The summed E-state index contributed by atoms with van der Waals surface area (Å²) in [5.41, 5.74) is 0.447. The van der Waals surface area contributed by atoms with Crippen LogP contribution >= 0.6 is 0 Å². The molecule has 0 aromatic heterocycles. The van der Waals surface area contributed by atoms with E-state index in [0.29, 0.717) is 25.3 Å². The summed E-state index contributed by atoms with van der Waals surface area (Å²) in [6, 6.07) is 2.21. The molecule has 0 aliphatic rings. The number of aromatic hydroxyl groups is 1. The highest BCUT2D eigenvalue weighted by atomic mass is 19.1. The second-order valence-electron chi connectivity index (χ2n) is 4.00. The molecule has 96 valence electrons. The minimum absolute atomic E-state index is 0.167. The van der Waals surface area contributed by atoms with Gasteiger partial charge in [-0.2, -0.15) is 0 Å². The Morgan fingerprint density at radius 3 is 2.41 bits per heavy atom. The van der Waals surface area contributed by atoms with Gasteiger partial charge in [-0.25, -0.2) is 8.78 Å². The Morgan fingerprint density at radius 1 is 1.29 bits per heavy atom. The molecule has 3 nitrogen and oxygen atoms in total. The Bertz CT molecular complexity index is 347. The molecule has 17 heavy (non-hydrogen) atoms. The fourth-order valence-electron chi connectivity index (χ4n) is 1.32. The molecule has 0 aliphatic carbocycles. The van der Waals surface area contributed by atoms with Gasteiger partial charge in [-0.15, -0.1) is 0 Å². The van der Waals surface area contributed by atoms with Crippen molar-refractivity contribution in [3.63, 3.8) is 0 Å². The van der Waals surface area contributed by atoms with Crippen LogP contribution < -0.4 is 5.32 Å². The first-order valence-corrected chi connectivity index (χ1v) is 5.50. The Balaban J connectivity index is 2.37. The van der Waals surface area contributed by atoms with E-state index in [2.05, 4.69) is 5.32 Å². The number of halogens is 2. The molecule has 0 bridgehead atoms. The molecule has 0 unspecified atom stereocenters. The molecule has 0 saturated carbocycles. The van der Waals surface area contributed by atoms with Crippen molar-refractivity contribution in [1.29, 1.82) is 0 Å². The highest BCUT2D eigenvalue weighted by Gasteiger charge is 2.08. The van der Waals surface area contributed by atoms with Crippen LogP contribution in [0.4, 0.5) is 8.78 Å². The van der Waals surface area contributed by atoms with Crippen LogP contribution in [-0.2, 0) is 11.3 Å². The third kappa shape index (κ3) is 4.66. The minimum Gasteiger partial charge on any atom is -0.503 e. The fourth-order valence-corrected chi connectivity index (χ4v) is 1.32. The number of phenolic OH excluding ortho intramolecular Hbond substituents is 1. The van der Waals surface area contributed by atoms with E-state index < -0.39 is 17.4 Å². The largest absolute Gasteiger partial charge is 0.503 e. The van der Waals surface area contributed by atoms with Crippen LogP contribution in [-0.4, -0.2) is 24.4 Å². The van der Waals surface area contributed by atoms with Crippen molar-refractivity contribution in [3.05, 3.63) is 29.3 Å². The topological polar surface area (TPSA) is 41.5 Å². The zero-order chi connectivity index (χ0) is 12.8. The molecule has 0 spiro atoms. The van der Waals surface area contributed by atoms with E-state index in [9.17, 15) is 8.78 Å². The maximum atomic E-state index is 13.0. The molecule has 5 heteroatoms.